The Balaban J connectivity index is 2.57. The lowest BCUT2D eigenvalue weighted by Crippen LogP contribution is -2.36. The molecule has 0 unspecified atom stereocenters. The van der Waals surface area contributed by atoms with E-state index in [1.807, 2.05) is 0 Å². The molecule has 0 saturated heterocycles. The van der Waals surface area contributed by atoms with Crippen molar-refractivity contribution in [2.45, 2.75) is 4.90 Å². The third kappa shape index (κ3) is 4.26. The van der Waals surface area contributed by atoms with Crippen LogP contribution in [-0.4, -0.2) is 35.2 Å². The first-order valence-corrected chi connectivity index (χ1v) is 9.60. The van der Waals surface area contributed by atoms with Crippen LogP contribution in [0.3, 0.4) is 0 Å². The van der Waals surface area contributed by atoms with E-state index in [1.54, 1.807) is 24.3 Å². The van der Waals surface area contributed by atoms with Gasteiger partial charge in [-0.1, -0.05) is 23.7 Å². The molecule has 2 rings (SSSR count). The second kappa shape index (κ2) is 8.07. The van der Waals surface area contributed by atoms with Crippen molar-refractivity contribution in [2.75, 3.05) is 25.1 Å². The van der Waals surface area contributed by atoms with Gasteiger partial charge in [0.2, 0.25) is 0 Å². The van der Waals surface area contributed by atoms with E-state index in [9.17, 15) is 13.2 Å². The Bertz CT molecular complexity index is 888. The summed E-state index contributed by atoms with van der Waals surface area (Å²) in [6, 6.07) is 10.7. The van der Waals surface area contributed by atoms with Crippen LogP contribution in [0.2, 0.25) is 5.02 Å². The van der Waals surface area contributed by atoms with Crippen LogP contribution < -0.4 is 9.04 Å². The van der Waals surface area contributed by atoms with Gasteiger partial charge in [-0.3, -0.25) is 9.10 Å². The molecule has 0 aliphatic rings. The van der Waals surface area contributed by atoms with Crippen LogP contribution >= 0.6 is 27.5 Å². The van der Waals surface area contributed by atoms with Crippen molar-refractivity contribution < 1.29 is 22.7 Å². The van der Waals surface area contributed by atoms with Gasteiger partial charge in [-0.2, -0.15) is 0 Å². The maximum atomic E-state index is 13.1. The molecule has 0 saturated carbocycles. The molecule has 0 aromatic heterocycles. The van der Waals surface area contributed by atoms with Gasteiger partial charge in [0, 0.05) is 4.47 Å². The van der Waals surface area contributed by atoms with Gasteiger partial charge in [0.25, 0.3) is 10.0 Å². The molecule has 0 amide bonds. The number of sulfonamides is 1. The van der Waals surface area contributed by atoms with Gasteiger partial charge in [-0.05, 0) is 46.3 Å². The Morgan fingerprint density at radius 3 is 2.44 bits per heavy atom. The minimum atomic E-state index is -4.07. The zero-order valence-electron chi connectivity index (χ0n) is 13.4. The number of carbonyl (C=O) groups is 1. The van der Waals surface area contributed by atoms with Crippen molar-refractivity contribution in [1.29, 1.82) is 0 Å². The van der Waals surface area contributed by atoms with Gasteiger partial charge < -0.3 is 9.47 Å². The molecule has 25 heavy (non-hydrogen) atoms. The number of halogens is 2. The normalized spacial score (nSPS) is 11.0. The minimum Gasteiger partial charge on any atom is -0.495 e. The van der Waals surface area contributed by atoms with E-state index in [2.05, 4.69) is 20.7 Å². The molecule has 9 heteroatoms. The van der Waals surface area contributed by atoms with Crippen LogP contribution in [0.5, 0.6) is 5.75 Å². The molecule has 0 spiro atoms. The summed E-state index contributed by atoms with van der Waals surface area (Å²) in [5, 5.41) is 0.147. The summed E-state index contributed by atoms with van der Waals surface area (Å²) < 4.78 is 37.3. The van der Waals surface area contributed by atoms with Gasteiger partial charge >= 0.3 is 5.97 Å². The zero-order valence-corrected chi connectivity index (χ0v) is 16.6. The summed E-state index contributed by atoms with van der Waals surface area (Å²) in [6.45, 7) is -0.481. The van der Waals surface area contributed by atoms with E-state index in [1.165, 1.54) is 32.4 Å². The lowest BCUT2D eigenvalue weighted by molar-refractivity contribution is -0.138. The predicted molar refractivity (Wildman–Crippen MR) is 98.7 cm³/mol. The Kier molecular flexibility index (Phi) is 6.31. The summed E-state index contributed by atoms with van der Waals surface area (Å²) in [6.07, 6.45) is 0. The number of esters is 1. The van der Waals surface area contributed by atoms with Gasteiger partial charge in [-0.15, -0.1) is 0 Å². The van der Waals surface area contributed by atoms with Crippen LogP contribution in [-0.2, 0) is 19.6 Å². The van der Waals surface area contributed by atoms with Crippen molar-refractivity contribution in [1.82, 2.24) is 0 Å². The summed E-state index contributed by atoms with van der Waals surface area (Å²) in [5.41, 5.74) is 0.305. The minimum absolute atomic E-state index is 0.0713. The lowest BCUT2D eigenvalue weighted by atomic mass is 10.3. The molecule has 2 aromatic carbocycles. The van der Waals surface area contributed by atoms with E-state index in [0.717, 1.165) is 4.31 Å². The Morgan fingerprint density at radius 1 is 1.20 bits per heavy atom. The third-order valence-corrected chi connectivity index (χ3v) is 6.05. The third-order valence-electron chi connectivity index (χ3n) is 3.33. The molecular weight excluding hydrogens is 434 g/mol. The highest BCUT2D eigenvalue weighted by Gasteiger charge is 2.29. The highest BCUT2D eigenvalue weighted by Crippen LogP contribution is 2.33. The number of hydrogen-bond acceptors (Lipinski definition) is 5. The van der Waals surface area contributed by atoms with Gasteiger partial charge in [0.15, 0.2) is 0 Å². The van der Waals surface area contributed by atoms with E-state index >= 15 is 0 Å². The SMILES string of the molecule is COC(=O)CN(c1ccccc1Br)S(=O)(=O)c1ccc(OC)c(Cl)c1. The van der Waals surface area contributed by atoms with Crippen LogP contribution in [0.15, 0.2) is 51.8 Å². The summed E-state index contributed by atoms with van der Waals surface area (Å²) in [4.78, 5) is 11.7. The second-order valence-electron chi connectivity index (χ2n) is 4.84. The fourth-order valence-corrected chi connectivity index (χ4v) is 4.46. The average Bonchev–Trinajstić information content (AvgIpc) is 2.60. The summed E-state index contributed by atoms with van der Waals surface area (Å²) in [5.74, 6) is -0.347. The predicted octanol–water partition coefficient (Wildman–Crippen LogP) is 3.48. The van der Waals surface area contributed by atoms with Crippen molar-refractivity contribution in [2.24, 2.45) is 0 Å². The molecule has 2 aromatic rings. The summed E-state index contributed by atoms with van der Waals surface area (Å²) in [7, 11) is -1.44. The van der Waals surface area contributed by atoms with Gasteiger partial charge in [0.05, 0.1) is 29.8 Å². The Morgan fingerprint density at radius 2 is 1.88 bits per heavy atom. The number of rotatable bonds is 6. The number of nitrogens with zero attached hydrogens (tertiary/aromatic N) is 1. The van der Waals surface area contributed by atoms with Crippen LogP contribution in [0.25, 0.3) is 0 Å². The highest BCUT2D eigenvalue weighted by atomic mass is 79.9. The quantitative estimate of drug-likeness (QED) is 0.633. The van der Waals surface area contributed by atoms with Crippen molar-refractivity contribution in [3.05, 3.63) is 52.0 Å². The number of hydrogen-bond donors (Lipinski definition) is 0. The van der Waals surface area contributed by atoms with Gasteiger partial charge in [-0.25, -0.2) is 8.42 Å². The van der Waals surface area contributed by atoms with Crippen LogP contribution in [0.4, 0.5) is 5.69 Å². The molecule has 134 valence electrons. The van der Waals surface area contributed by atoms with E-state index in [0.29, 0.717) is 15.9 Å². The largest absolute Gasteiger partial charge is 0.495 e. The first-order chi connectivity index (χ1) is 11.8. The Labute approximate surface area is 159 Å². The Hall–Kier alpha value is -1.77. The molecular formula is C16H15BrClNO5S. The van der Waals surface area contributed by atoms with Crippen LogP contribution in [0, 0.1) is 0 Å². The number of anilines is 1. The number of para-hydroxylation sites is 1. The lowest BCUT2D eigenvalue weighted by Gasteiger charge is -2.24. The fraction of sp³-hybridized carbons (Fsp3) is 0.188. The number of ether oxygens (including phenoxy) is 2. The topological polar surface area (TPSA) is 72.9 Å². The van der Waals surface area contributed by atoms with Crippen LogP contribution in [0.1, 0.15) is 0 Å². The molecule has 0 aliphatic heterocycles. The molecule has 0 bridgehead atoms. The van der Waals surface area contributed by atoms with E-state index < -0.39 is 22.5 Å². The molecule has 0 fully saturated rings. The maximum Gasteiger partial charge on any atom is 0.326 e. The molecule has 0 N–H and O–H groups in total. The molecule has 0 heterocycles. The maximum absolute atomic E-state index is 13.1. The fourth-order valence-electron chi connectivity index (χ4n) is 2.07. The molecule has 6 nitrogen and oxygen atoms in total. The van der Waals surface area contributed by atoms with E-state index in [4.69, 9.17) is 16.3 Å². The van der Waals surface area contributed by atoms with Crippen molar-refractivity contribution in [3.8, 4) is 5.75 Å². The first kappa shape index (κ1) is 19.6. The highest BCUT2D eigenvalue weighted by molar-refractivity contribution is 9.10. The standard InChI is InChI=1S/C16H15BrClNO5S/c1-23-15-8-7-11(9-13(15)18)25(21,22)19(10-16(20)24-2)14-6-4-3-5-12(14)17/h3-9H,10H2,1-2H3. The average molecular weight is 449 g/mol. The van der Waals surface area contributed by atoms with Crippen molar-refractivity contribution >= 4 is 49.2 Å². The smallest absolute Gasteiger partial charge is 0.326 e. The van der Waals surface area contributed by atoms with Crippen molar-refractivity contribution in [3.63, 3.8) is 0 Å². The molecule has 0 atom stereocenters. The first-order valence-electron chi connectivity index (χ1n) is 6.99. The zero-order chi connectivity index (χ0) is 18.6. The van der Waals surface area contributed by atoms with E-state index in [-0.39, 0.29) is 9.92 Å². The number of methoxy groups -OCH3 is 2. The molecule has 0 aliphatic carbocycles. The van der Waals surface area contributed by atoms with Gasteiger partial charge in [0.1, 0.15) is 12.3 Å². The number of carbonyl (C=O) groups excluding carboxylic acids is 1. The second-order valence-corrected chi connectivity index (χ2v) is 7.96. The number of benzene rings is 2. The molecule has 0 radical (unpaired) electrons. The summed E-state index contributed by atoms with van der Waals surface area (Å²) >= 11 is 9.35. The monoisotopic (exact) mass is 447 g/mol.